The van der Waals surface area contributed by atoms with Crippen LogP contribution in [0.2, 0.25) is 0 Å². The highest BCUT2D eigenvalue weighted by Crippen LogP contribution is 2.33. The average molecular weight is 431 g/mol. The lowest BCUT2D eigenvalue weighted by molar-refractivity contribution is -0.114. The van der Waals surface area contributed by atoms with Crippen molar-refractivity contribution in [2.24, 2.45) is 5.92 Å². The first-order chi connectivity index (χ1) is 15.3. The lowest BCUT2D eigenvalue weighted by atomic mass is 9.98. The van der Waals surface area contributed by atoms with E-state index in [0.717, 1.165) is 48.4 Å². The molecule has 32 heavy (non-hydrogen) atoms. The highest BCUT2D eigenvalue weighted by molar-refractivity contribution is 5.95. The Morgan fingerprint density at radius 2 is 1.59 bits per heavy atom. The molecule has 166 valence electrons. The molecule has 0 atom stereocenters. The van der Waals surface area contributed by atoms with E-state index in [0.29, 0.717) is 17.3 Å². The minimum Gasteiger partial charge on any atom is -0.339 e. The van der Waals surface area contributed by atoms with Gasteiger partial charge in [0.15, 0.2) is 0 Å². The van der Waals surface area contributed by atoms with E-state index in [-0.39, 0.29) is 11.8 Å². The largest absolute Gasteiger partial charge is 0.339 e. The third-order valence-corrected chi connectivity index (χ3v) is 6.12. The Labute approximate surface area is 189 Å². The van der Waals surface area contributed by atoms with Crippen LogP contribution in [0.4, 0.5) is 5.82 Å². The summed E-state index contributed by atoms with van der Waals surface area (Å²) < 4.78 is 1.74. The first kappa shape index (κ1) is 21.8. The third-order valence-electron chi connectivity index (χ3n) is 6.12. The Kier molecular flexibility index (Phi) is 6.12. The number of aromatic nitrogens is 2. The summed E-state index contributed by atoms with van der Waals surface area (Å²) in [6.45, 7) is 9.33. The van der Waals surface area contributed by atoms with Crippen molar-refractivity contribution >= 4 is 17.6 Å². The topological polar surface area (TPSA) is 67.2 Å². The summed E-state index contributed by atoms with van der Waals surface area (Å²) >= 11 is 0. The van der Waals surface area contributed by atoms with Crippen LogP contribution in [-0.4, -0.2) is 39.6 Å². The minimum atomic E-state index is -0.161. The molecule has 6 heteroatoms. The fourth-order valence-electron chi connectivity index (χ4n) is 4.20. The number of anilines is 1. The van der Waals surface area contributed by atoms with Crippen molar-refractivity contribution in [2.45, 2.75) is 40.5 Å². The Hall–Kier alpha value is -3.41. The molecule has 1 saturated heterocycles. The van der Waals surface area contributed by atoms with E-state index in [4.69, 9.17) is 5.10 Å². The second kappa shape index (κ2) is 8.99. The smallest absolute Gasteiger partial charge is 0.253 e. The van der Waals surface area contributed by atoms with E-state index in [1.54, 1.807) is 4.68 Å². The van der Waals surface area contributed by atoms with Gasteiger partial charge in [0.05, 0.1) is 11.4 Å². The number of hydrogen-bond acceptors (Lipinski definition) is 3. The molecular weight excluding hydrogens is 400 g/mol. The average Bonchev–Trinajstić information content (AvgIpc) is 3.09. The molecule has 1 fully saturated rings. The highest BCUT2D eigenvalue weighted by atomic mass is 16.2. The van der Waals surface area contributed by atoms with Crippen molar-refractivity contribution in [3.63, 3.8) is 0 Å². The molecule has 0 radical (unpaired) electrons. The van der Waals surface area contributed by atoms with Crippen LogP contribution in [0.1, 0.15) is 48.3 Å². The van der Waals surface area contributed by atoms with Crippen LogP contribution in [0.15, 0.2) is 48.5 Å². The molecule has 2 amide bonds. The normalized spacial score (nSPS) is 14.4. The Bertz CT molecular complexity index is 1120. The number of amides is 2. The zero-order valence-corrected chi connectivity index (χ0v) is 19.2. The van der Waals surface area contributed by atoms with Crippen molar-refractivity contribution in [3.05, 3.63) is 65.4 Å². The molecule has 1 aliphatic rings. The second-order valence-electron chi connectivity index (χ2n) is 8.79. The predicted octanol–water partition coefficient (Wildman–Crippen LogP) is 4.99. The van der Waals surface area contributed by atoms with Crippen LogP contribution in [0.25, 0.3) is 16.8 Å². The first-order valence-electron chi connectivity index (χ1n) is 11.2. The van der Waals surface area contributed by atoms with Crippen LogP contribution >= 0.6 is 0 Å². The number of benzene rings is 2. The molecule has 4 rings (SSSR count). The lowest BCUT2D eigenvalue weighted by Gasteiger charge is -2.30. The number of likely N-dealkylation sites (tertiary alicyclic amines) is 1. The summed E-state index contributed by atoms with van der Waals surface area (Å²) in [6, 6.07) is 15.6. The number of piperidine rings is 1. The minimum absolute atomic E-state index is 0.0718. The Morgan fingerprint density at radius 1 is 0.969 bits per heavy atom. The van der Waals surface area contributed by atoms with Gasteiger partial charge in [-0.25, -0.2) is 4.68 Å². The standard InChI is InChI=1S/C26H30N4O2/c1-17-5-7-21(8-6-17)24-19(3)28-30(25(24)27-20(4)31)23-11-9-22(10-12-23)26(32)29-15-13-18(2)14-16-29/h5-12,18H,13-16H2,1-4H3,(H,27,31). The number of hydrogen-bond donors (Lipinski definition) is 1. The van der Waals surface area contributed by atoms with Crippen LogP contribution < -0.4 is 5.32 Å². The molecular formula is C26H30N4O2. The summed E-state index contributed by atoms with van der Waals surface area (Å²) in [4.78, 5) is 26.8. The summed E-state index contributed by atoms with van der Waals surface area (Å²) in [5.74, 6) is 1.22. The van der Waals surface area contributed by atoms with Gasteiger partial charge in [-0.2, -0.15) is 5.10 Å². The fourth-order valence-corrected chi connectivity index (χ4v) is 4.20. The highest BCUT2D eigenvalue weighted by Gasteiger charge is 2.22. The zero-order valence-electron chi connectivity index (χ0n) is 19.2. The van der Waals surface area contributed by atoms with Crippen LogP contribution in [0, 0.1) is 19.8 Å². The lowest BCUT2D eigenvalue weighted by Crippen LogP contribution is -2.37. The Morgan fingerprint density at radius 3 is 2.19 bits per heavy atom. The van der Waals surface area contributed by atoms with Gasteiger partial charge in [-0.3, -0.25) is 9.59 Å². The molecule has 2 heterocycles. The van der Waals surface area contributed by atoms with Gasteiger partial charge in [-0.05, 0) is 62.4 Å². The summed E-state index contributed by atoms with van der Waals surface area (Å²) in [5, 5.41) is 7.67. The van der Waals surface area contributed by atoms with Crippen molar-refractivity contribution < 1.29 is 9.59 Å². The van der Waals surface area contributed by atoms with Gasteiger partial charge < -0.3 is 10.2 Å². The maximum absolute atomic E-state index is 12.9. The number of carbonyl (C=O) groups is 2. The van der Waals surface area contributed by atoms with Crippen LogP contribution in [-0.2, 0) is 4.79 Å². The van der Waals surface area contributed by atoms with Crippen molar-refractivity contribution in [3.8, 4) is 16.8 Å². The van der Waals surface area contributed by atoms with Gasteiger partial charge in [-0.1, -0.05) is 36.8 Å². The number of nitrogens with one attached hydrogen (secondary N) is 1. The zero-order chi connectivity index (χ0) is 22.8. The molecule has 1 aliphatic heterocycles. The van der Waals surface area contributed by atoms with E-state index < -0.39 is 0 Å². The second-order valence-corrected chi connectivity index (χ2v) is 8.79. The van der Waals surface area contributed by atoms with Gasteiger partial charge >= 0.3 is 0 Å². The van der Waals surface area contributed by atoms with E-state index in [2.05, 4.69) is 12.2 Å². The maximum Gasteiger partial charge on any atom is 0.253 e. The Balaban J connectivity index is 1.67. The van der Waals surface area contributed by atoms with Gasteiger partial charge in [0.2, 0.25) is 5.91 Å². The maximum atomic E-state index is 12.9. The molecule has 0 spiro atoms. The van der Waals surface area contributed by atoms with E-state index in [9.17, 15) is 9.59 Å². The van der Waals surface area contributed by atoms with Crippen molar-refractivity contribution in [1.82, 2.24) is 14.7 Å². The van der Waals surface area contributed by atoms with Gasteiger partial charge in [0.1, 0.15) is 5.82 Å². The number of nitrogens with zero attached hydrogens (tertiary/aromatic N) is 3. The summed E-state index contributed by atoms with van der Waals surface area (Å²) in [7, 11) is 0. The summed E-state index contributed by atoms with van der Waals surface area (Å²) in [6.07, 6.45) is 2.11. The molecule has 0 bridgehead atoms. The monoisotopic (exact) mass is 430 g/mol. The molecule has 0 aliphatic carbocycles. The van der Waals surface area contributed by atoms with Crippen LogP contribution in [0.5, 0.6) is 0 Å². The number of carbonyl (C=O) groups excluding carboxylic acids is 2. The molecule has 1 aromatic heterocycles. The number of rotatable bonds is 4. The molecule has 0 saturated carbocycles. The van der Waals surface area contributed by atoms with Crippen LogP contribution in [0.3, 0.4) is 0 Å². The van der Waals surface area contributed by atoms with Crippen molar-refractivity contribution in [2.75, 3.05) is 18.4 Å². The molecule has 3 aromatic rings. The molecule has 6 nitrogen and oxygen atoms in total. The van der Waals surface area contributed by atoms with Gasteiger partial charge in [0.25, 0.3) is 5.91 Å². The first-order valence-corrected chi connectivity index (χ1v) is 11.2. The molecule has 2 aromatic carbocycles. The predicted molar refractivity (Wildman–Crippen MR) is 127 cm³/mol. The summed E-state index contributed by atoms with van der Waals surface area (Å²) in [5.41, 5.74) is 5.34. The SMILES string of the molecule is CC(=O)Nc1c(-c2ccc(C)cc2)c(C)nn1-c1ccc(C(=O)N2CCC(C)CC2)cc1. The van der Waals surface area contributed by atoms with E-state index >= 15 is 0 Å². The fraction of sp³-hybridized carbons (Fsp3) is 0.346. The third kappa shape index (κ3) is 4.44. The van der Waals surface area contributed by atoms with Gasteiger partial charge in [0, 0.05) is 31.1 Å². The van der Waals surface area contributed by atoms with Gasteiger partial charge in [-0.15, -0.1) is 0 Å². The van der Waals surface area contributed by atoms with Crippen molar-refractivity contribution in [1.29, 1.82) is 0 Å². The molecule has 1 N–H and O–H groups in total. The molecule has 0 unspecified atom stereocenters. The number of aryl methyl sites for hydroxylation is 2. The van der Waals surface area contributed by atoms with E-state index in [1.807, 2.05) is 67.3 Å². The quantitative estimate of drug-likeness (QED) is 0.634. The van der Waals surface area contributed by atoms with E-state index in [1.165, 1.54) is 12.5 Å².